The Kier molecular flexibility index (Phi) is 6.39. The predicted octanol–water partition coefficient (Wildman–Crippen LogP) is 4.72. The van der Waals surface area contributed by atoms with Crippen LogP contribution in [0.4, 0.5) is 18.0 Å². The highest BCUT2D eigenvalue weighted by atomic mass is 35.5. The number of benzene rings is 2. The van der Waals surface area contributed by atoms with E-state index in [-0.39, 0.29) is 34.4 Å². The number of amides is 2. The van der Waals surface area contributed by atoms with E-state index in [1.807, 2.05) is 0 Å². The van der Waals surface area contributed by atoms with E-state index >= 15 is 0 Å². The van der Waals surface area contributed by atoms with Crippen LogP contribution in [0.15, 0.2) is 47.5 Å². The summed E-state index contributed by atoms with van der Waals surface area (Å²) in [5.74, 6) is -0.712. The minimum absolute atomic E-state index is 0.00465. The minimum Gasteiger partial charge on any atom is -0.310 e. The Hall–Kier alpha value is -3.15. The number of carbonyl (C=O) groups is 3. The first kappa shape index (κ1) is 24.5. The predicted molar refractivity (Wildman–Crippen MR) is 129 cm³/mol. The Morgan fingerprint density at radius 2 is 1.97 bits per heavy atom. The van der Waals surface area contributed by atoms with Gasteiger partial charge in [-0.15, -0.1) is 0 Å². The SMILES string of the molecule is O=C1CNCCC1N1C(=O)S/C(=C\c2ccc3c(cnn3Cc3ccc(Cl)cc3C(F)(F)F)c2)C1=O. The van der Waals surface area contributed by atoms with Gasteiger partial charge in [-0.3, -0.25) is 24.0 Å². The molecule has 2 saturated heterocycles. The normalized spacial score (nSPS) is 20.2. The fraction of sp³-hybridized carbons (Fsp3) is 0.250. The summed E-state index contributed by atoms with van der Waals surface area (Å²) < 4.78 is 41.9. The van der Waals surface area contributed by atoms with E-state index in [1.165, 1.54) is 23.0 Å². The quantitative estimate of drug-likeness (QED) is 0.487. The number of nitrogens with one attached hydrogen (secondary N) is 1. The van der Waals surface area contributed by atoms with Gasteiger partial charge in [-0.1, -0.05) is 23.7 Å². The highest BCUT2D eigenvalue weighted by molar-refractivity contribution is 8.18. The number of fused-ring (bicyclic) bond motifs is 1. The maximum Gasteiger partial charge on any atom is 0.416 e. The maximum atomic E-state index is 13.5. The number of thioether (sulfide) groups is 1. The lowest BCUT2D eigenvalue weighted by atomic mass is 10.0. The van der Waals surface area contributed by atoms with Crippen LogP contribution in [0.1, 0.15) is 23.1 Å². The number of nitrogens with zero attached hydrogens (tertiary/aromatic N) is 3. The molecule has 0 aliphatic carbocycles. The Morgan fingerprint density at radius 3 is 2.72 bits per heavy atom. The number of ketones is 1. The molecule has 1 unspecified atom stereocenters. The highest BCUT2D eigenvalue weighted by Gasteiger charge is 2.43. The van der Waals surface area contributed by atoms with Crippen LogP contribution in [0.5, 0.6) is 0 Å². The number of hydrogen-bond donors (Lipinski definition) is 1. The van der Waals surface area contributed by atoms with Gasteiger partial charge in [0.15, 0.2) is 5.78 Å². The van der Waals surface area contributed by atoms with E-state index in [9.17, 15) is 27.6 Å². The lowest BCUT2D eigenvalue weighted by Gasteiger charge is -2.27. The summed E-state index contributed by atoms with van der Waals surface area (Å²) in [7, 11) is 0. The molecule has 2 aromatic carbocycles. The van der Waals surface area contributed by atoms with Gasteiger partial charge in [-0.05, 0) is 66.2 Å². The molecule has 1 aromatic heterocycles. The molecule has 1 N–H and O–H groups in total. The first-order valence-electron chi connectivity index (χ1n) is 10.9. The number of imide groups is 1. The molecule has 186 valence electrons. The summed E-state index contributed by atoms with van der Waals surface area (Å²) in [4.78, 5) is 38.8. The molecule has 0 radical (unpaired) electrons. The third kappa shape index (κ3) is 4.65. The highest BCUT2D eigenvalue weighted by Crippen LogP contribution is 2.36. The van der Waals surface area contributed by atoms with Gasteiger partial charge in [0.25, 0.3) is 11.1 Å². The third-order valence-corrected chi connectivity index (χ3v) is 7.18. The van der Waals surface area contributed by atoms with Crippen molar-refractivity contribution >= 4 is 57.3 Å². The fourth-order valence-electron chi connectivity index (χ4n) is 4.34. The van der Waals surface area contributed by atoms with Crippen LogP contribution in [0.25, 0.3) is 17.0 Å². The Morgan fingerprint density at radius 1 is 1.17 bits per heavy atom. The summed E-state index contributed by atoms with van der Waals surface area (Å²) in [6, 6.07) is 7.98. The fourth-order valence-corrected chi connectivity index (χ4v) is 5.38. The van der Waals surface area contributed by atoms with Crippen LogP contribution in [0.2, 0.25) is 5.02 Å². The molecule has 0 bridgehead atoms. The Labute approximate surface area is 212 Å². The van der Waals surface area contributed by atoms with Gasteiger partial charge in [0.05, 0.1) is 35.3 Å². The number of rotatable bonds is 4. The molecular formula is C24H18ClF3N4O3S. The summed E-state index contributed by atoms with van der Waals surface area (Å²) in [6.07, 6.45) is -1.10. The van der Waals surface area contributed by atoms with Gasteiger partial charge in [0.1, 0.15) is 6.04 Å². The molecule has 0 saturated carbocycles. The monoisotopic (exact) mass is 534 g/mol. The van der Waals surface area contributed by atoms with Crippen molar-refractivity contribution in [3.05, 3.63) is 69.2 Å². The molecule has 2 fully saturated rings. The van der Waals surface area contributed by atoms with Crippen LogP contribution in [0, 0.1) is 0 Å². The Balaban J connectivity index is 1.40. The smallest absolute Gasteiger partial charge is 0.310 e. The number of alkyl halides is 3. The van der Waals surface area contributed by atoms with Crippen LogP contribution >= 0.6 is 23.4 Å². The Bertz CT molecular complexity index is 1440. The number of aromatic nitrogens is 2. The molecular weight excluding hydrogens is 517 g/mol. The van der Waals surface area contributed by atoms with Gasteiger partial charge in [-0.25, -0.2) is 0 Å². The number of halogens is 4. The summed E-state index contributed by atoms with van der Waals surface area (Å²) in [5, 5.41) is 7.33. The van der Waals surface area contributed by atoms with Gasteiger partial charge < -0.3 is 5.32 Å². The molecule has 5 rings (SSSR count). The number of Topliss-reactive ketones (excluding diaryl/α,β-unsaturated/α-hetero) is 1. The van der Waals surface area contributed by atoms with Crippen molar-refractivity contribution in [1.29, 1.82) is 0 Å². The van der Waals surface area contributed by atoms with Crippen LogP contribution < -0.4 is 5.32 Å². The van der Waals surface area contributed by atoms with Gasteiger partial charge in [0.2, 0.25) is 0 Å². The zero-order valence-corrected chi connectivity index (χ0v) is 20.1. The average Bonchev–Trinajstić information content (AvgIpc) is 3.34. The van der Waals surface area contributed by atoms with Crippen molar-refractivity contribution < 1.29 is 27.6 Å². The van der Waals surface area contributed by atoms with Gasteiger partial charge >= 0.3 is 6.18 Å². The molecule has 3 aromatic rings. The largest absolute Gasteiger partial charge is 0.416 e. The van der Waals surface area contributed by atoms with Crippen LogP contribution in [-0.4, -0.2) is 50.7 Å². The molecule has 12 heteroatoms. The first-order chi connectivity index (χ1) is 17.1. The minimum atomic E-state index is -4.56. The van der Waals surface area contributed by atoms with Crippen molar-refractivity contribution in [1.82, 2.24) is 20.0 Å². The van der Waals surface area contributed by atoms with E-state index in [0.29, 0.717) is 29.4 Å². The summed E-state index contributed by atoms with van der Waals surface area (Å²) in [6.45, 7) is 0.545. The van der Waals surface area contributed by atoms with E-state index in [1.54, 1.807) is 24.3 Å². The van der Waals surface area contributed by atoms with E-state index < -0.39 is 28.9 Å². The molecule has 36 heavy (non-hydrogen) atoms. The van der Waals surface area contributed by atoms with Crippen molar-refractivity contribution in [2.24, 2.45) is 0 Å². The molecule has 1 atom stereocenters. The van der Waals surface area contributed by atoms with Crippen molar-refractivity contribution in [2.75, 3.05) is 13.1 Å². The van der Waals surface area contributed by atoms with Gasteiger partial charge in [-0.2, -0.15) is 18.3 Å². The second-order valence-electron chi connectivity index (χ2n) is 8.42. The lowest BCUT2D eigenvalue weighted by Crippen LogP contribution is -2.51. The third-order valence-electron chi connectivity index (χ3n) is 6.06. The van der Waals surface area contributed by atoms with E-state index in [0.717, 1.165) is 22.7 Å². The molecule has 0 spiro atoms. The second-order valence-corrected chi connectivity index (χ2v) is 9.85. The standard InChI is InChI=1S/C24H18ClF3N4O3S/c25-16-3-2-14(17(9-16)24(26,27)28)12-31-18-4-1-13(7-15(18)10-30-31)8-21-22(34)32(23(35)36-21)19-5-6-29-11-20(19)33/h1-4,7-10,19,29H,5-6,11-12H2/b21-8-. The molecule has 3 heterocycles. The van der Waals surface area contributed by atoms with Crippen molar-refractivity contribution in [3.8, 4) is 0 Å². The zero-order chi connectivity index (χ0) is 25.6. The van der Waals surface area contributed by atoms with E-state index in [4.69, 9.17) is 11.6 Å². The van der Waals surface area contributed by atoms with Crippen LogP contribution in [0.3, 0.4) is 0 Å². The first-order valence-corrected chi connectivity index (χ1v) is 12.1. The molecule has 2 aliphatic heterocycles. The molecule has 7 nitrogen and oxygen atoms in total. The summed E-state index contributed by atoms with van der Waals surface area (Å²) in [5.41, 5.74) is 0.427. The van der Waals surface area contributed by atoms with Gasteiger partial charge in [0, 0.05) is 10.4 Å². The average molecular weight is 535 g/mol. The number of hydrogen-bond acceptors (Lipinski definition) is 6. The zero-order valence-electron chi connectivity index (χ0n) is 18.5. The van der Waals surface area contributed by atoms with Crippen molar-refractivity contribution in [2.45, 2.75) is 25.2 Å². The molecule has 2 amide bonds. The second kappa shape index (κ2) is 9.38. The van der Waals surface area contributed by atoms with E-state index in [2.05, 4.69) is 10.4 Å². The number of piperidine rings is 1. The summed E-state index contributed by atoms with van der Waals surface area (Å²) >= 11 is 6.55. The maximum absolute atomic E-state index is 13.5. The topological polar surface area (TPSA) is 84.3 Å². The molecule has 2 aliphatic rings. The number of carbonyl (C=O) groups excluding carboxylic acids is 3. The van der Waals surface area contributed by atoms with Crippen LogP contribution in [-0.2, 0) is 22.3 Å². The lowest BCUT2D eigenvalue weighted by molar-refractivity contribution is -0.138. The van der Waals surface area contributed by atoms with Crippen molar-refractivity contribution in [3.63, 3.8) is 0 Å².